The van der Waals surface area contributed by atoms with Gasteiger partial charge in [-0.05, 0) is 17.7 Å². The summed E-state index contributed by atoms with van der Waals surface area (Å²) < 4.78 is 0. The second kappa shape index (κ2) is 5.73. The third-order valence-corrected chi connectivity index (χ3v) is 4.31. The van der Waals surface area contributed by atoms with Crippen LogP contribution in [0.15, 0.2) is 30.0 Å². The highest BCUT2D eigenvalue weighted by atomic mass is 28.3. The minimum absolute atomic E-state index is 1.10. The molecule has 0 atom stereocenters. The van der Waals surface area contributed by atoms with Crippen LogP contribution in [-0.2, 0) is 0 Å². The van der Waals surface area contributed by atoms with E-state index in [0.29, 0.717) is 0 Å². The van der Waals surface area contributed by atoms with Crippen molar-refractivity contribution in [1.82, 2.24) is 0 Å². The maximum Gasteiger partial charge on any atom is 0.129 e. The van der Waals surface area contributed by atoms with Crippen LogP contribution in [0.4, 0.5) is 0 Å². The normalized spacial score (nSPS) is 12.3. The molecule has 96 valence electrons. The van der Waals surface area contributed by atoms with Crippen molar-refractivity contribution in [2.45, 2.75) is 39.3 Å². The van der Waals surface area contributed by atoms with Crippen LogP contribution in [0.2, 0.25) is 39.3 Å². The van der Waals surface area contributed by atoms with Gasteiger partial charge in [0.25, 0.3) is 0 Å². The van der Waals surface area contributed by atoms with Gasteiger partial charge in [0.15, 0.2) is 0 Å². The van der Waals surface area contributed by atoms with Gasteiger partial charge in [-0.2, -0.15) is 0 Å². The first-order chi connectivity index (χ1) is 8.16. The molecule has 0 bridgehead atoms. The first kappa shape index (κ1) is 15.0. The molecule has 0 aromatic heterocycles. The number of hydrogen-bond donors (Lipinski definition) is 0. The molecule has 0 spiro atoms. The molecule has 0 amide bonds. The fraction of sp³-hybridized carbons (Fsp3) is 0.375. The predicted octanol–water partition coefficient (Wildman–Crippen LogP) is 4.81. The first-order valence-electron chi connectivity index (χ1n) is 6.48. The number of hydrogen-bond acceptors (Lipinski definition) is 0. The van der Waals surface area contributed by atoms with Crippen LogP contribution < -0.4 is 0 Å². The Morgan fingerprint density at radius 1 is 0.889 bits per heavy atom. The molecule has 0 N–H and O–H groups in total. The molecule has 0 fully saturated rings. The summed E-state index contributed by atoms with van der Waals surface area (Å²) >= 11 is 0. The van der Waals surface area contributed by atoms with Crippen molar-refractivity contribution in [2.75, 3.05) is 0 Å². The van der Waals surface area contributed by atoms with E-state index in [2.05, 4.69) is 86.8 Å². The summed E-state index contributed by atoms with van der Waals surface area (Å²) in [5, 5.41) is 0. The van der Waals surface area contributed by atoms with Crippen LogP contribution in [0.1, 0.15) is 11.1 Å². The summed E-state index contributed by atoms with van der Waals surface area (Å²) in [6.45, 7) is 13.8. The summed E-state index contributed by atoms with van der Waals surface area (Å²) in [7, 11) is -2.36. The van der Waals surface area contributed by atoms with E-state index < -0.39 is 16.1 Å². The monoisotopic (exact) mass is 272 g/mol. The van der Waals surface area contributed by atoms with Crippen LogP contribution >= 0.6 is 0 Å². The van der Waals surface area contributed by atoms with Gasteiger partial charge in [0, 0.05) is 5.56 Å². The Labute approximate surface area is 114 Å². The molecule has 0 saturated heterocycles. The van der Waals surface area contributed by atoms with Gasteiger partial charge in [-0.15, -0.1) is 5.54 Å². The Morgan fingerprint density at radius 3 is 1.89 bits per heavy atom. The first-order valence-corrected chi connectivity index (χ1v) is 13.6. The van der Waals surface area contributed by atoms with Crippen molar-refractivity contribution in [3.8, 4) is 11.5 Å². The van der Waals surface area contributed by atoms with E-state index in [9.17, 15) is 0 Å². The maximum atomic E-state index is 3.39. The molecule has 1 aromatic rings. The summed E-state index contributed by atoms with van der Waals surface area (Å²) in [5.74, 6) is 3.28. The average molecular weight is 273 g/mol. The predicted molar refractivity (Wildman–Crippen MR) is 89.0 cm³/mol. The lowest BCUT2D eigenvalue weighted by atomic mass is 10.1. The molecule has 0 heterocycles. The van der Waals surface area contributed by atoms with Gasteiger partial charge < -0.3 is 0 Å². The van der Waals surface area contributed by atoms with Crippen molar-refractivity contribution in [3.05, 3.63) is 41.1 Å². The highest BCUT2D eigenvalue weighted by Crippen LogP contribution is 2.10. The van der Waals surface area contributed by atoms with Crippen LogP contribution in [0.5, 0.6) is 0 Å². The largest absolute Gasteiger partial charge is 0.129 e. The Hall–Kier alpha value is -1.05. The average Bonchev–Trinajstić information content (AvgIpc) is 2.23. The van der Waals surface area contributed by atoms with E-state index in [1.807, 2.05) is 0 Å². The van der Waals surface area contributed by atoms with Gasteiger partial charge in [-0.25, -0.2) is 0 Å². The summed E-state index contributed by atoms with van der Waals surface area (Å²) in [6, 6.07) is 8.56. The number of rotatable bonds is 2. The highest BCUT2D eigenvalue weighted by molar-refractivity contribution is 6.84. The Bertz CT molecular complexity index is 471. The summed E-state index contributed by atoms with van der Waals surface area (Å²) in [5.41, 5.74) is 8.16. The highest BCUT2D eigenvalue weighted by Gasteiger charge is 2.07. The molecule has 1 aromatic carbocycles. The molecule has 0 aliphatic rings. The van der Waals surface area contributed by atoms with E-state index >= 15 is 0 Å². The van der Waals surface area contributed by atoms with Gasteiger partial charge >= 0.3 is 0 Å². The third-order valence-electron chi connectivity index (χ3n) is 2.27. The fourth-order valence-corrected chi connectivity index (χ4v) is 2.50. The molecule has 18 heavy (non-hydrogen) atoms. The lowest BCUT2D eigenvalue weighted by Gasteiger charge is -2.08. The molecular weight excluding hydrogens is 248 g/mol. The Morgan fingerprint density at radius 2 is 1.44 bits per heavy atom. The molecule has 0 saturated carbocycles. The fourth-order valence-electron chi connectivity index (χ4n) is 1.28. The Balaban J connectivity index is 2.80. The quantitative estimate of drug-likeness (QED) is 0.535. The van der Waals surface area contributed by atoms with Crippen molar-refractivity contribution < 1.29 is 0 Å². The number of benzene rings is 1. The van der Waals surface area contributed by atoms with Crippen LogP contribution in [-0.4, -0.2) is 16.1 Å². The Kier molecular flexibility index (Phi) is 4.78. The molecule has 0 aliphatic carbocycles. The van der Waals surface area contributed by atoms with E-state index in [1.165, 1.54) is 5.56 Å². The molecule has 1 rings (SSSR count). The van der Waals surface area contributed by atoms with Crippen LogP contribution in [0.3, 0.4) is 0 Å². The lowest BCUT2D eigenvalue weighted by molar-refractivity contribution is 1.61. The van der Waals surface area contributed by atoms with Gasteiger partial charge in [-0.3, -0.25) is 0 Å². The second-order valence-electron chi connectivity index (χ2n) is 6.82. The van der Waals surface area contributed by atoms with E-state index in [0.717, 1.165) is 5.56 Å². The van der Waals surface area contributed by atoms with Gasteiger partial charge in [0.2, 0.25) is 0 Å². The summed E-state index contributed by atoms with van der Waals surface area (Å²) in [4.78, 5) is 0. The van der Waals surface area contributed by atoms with Crippen molar-refractivity contribution in [3.63, 3.8) is 0 Å². The topological polar surface area (TPSA) is 0 Å². The van der Waals surface area contributed by atoms with Gasteiger partial charge in [0.1, 0.15) is 8.07 Å². The SMILES string of the molecule is C[Si](C)(C)C#Cc1ccc(/C=C/[Si](C)(C)C)cc1. The lowest BCUT2D eigenvalue weighted by Crippen LogP contribution is -2.16. The zero-order chi connectivity index (χ0) is 13.8. The molecule has 0 aliphatic heterocycles. The van der Waals surface area contributed by atoms with Gasteiger partial charge in [-0.1, -0.05) is 69.1 Å². The molecule has 0 unspecified atom stereocenters. The van der Waals surface area contributed by atoms with E-state index in [4.69, 9.17) is 0 Å². The maximum absolute atomic E-state index is 3.39. The van der Waals surface area contributed by atoms with Crippen molar-refractivity contribution in [2.24, 2.45) is 0 Å². The standard InChI is InChI=1S/C16H24Si2/c1-17(2,3)13-11-15-7-9-16(10-8-15)12-14-18(4,5)6/h7-11,13H,1-6H3/b13-11+. The second-order valence-corrected chi connectivity index (χ2v) is 16.6. The van der Waals surface area contributed by atoms with Crippen molar-refractivity contribution >= 4 is 22.2 Å². The van der Waals surface area contributed by atoms with E-state index in [-0.39, 0.29) is 0 Å². The molecule has 2 heteroatoms. The summed E-state index contributed by atoms with van der Waals surface area (Å²) in [6.07, 6.45) is 2.24. The molecular formula is C16H24Si2. The van der Waals surface area contributed by atoms with Gasteiger partial charge in [0.05, 0.1) is 8.07 Å². The zero-order valence-electron chi connectivity index (χ0n) is 12.5. The van der Waals surface area contributed by atoms with Crippen molar-refractivity contribution in [1.29, 1.82) is 0 Å². The minimum Gasteiger partial charge on any atom is -0.127 e. The molecule has 0 radical (unpaired) electrons. The van der Waals surface area contributed by atoms with Crippen LogP contribution in [0, 0.1) is 11.5 Å². The zero-order valence-corrected chi connectivity index (χ0v) is 14.5. The molecule has 0 nitrogen and oxygen atoms in total. The van der Waals surface area contributed by atoms with E-state index in [1.54, 1.807) is 0 Å². The smallest absolute Gasteiger partial charge is 0.127 e. The minimum atomic E-state index is -1.26. The van der Waals surface area contributed by atoms with Crippen LogP contribution in [0.25, 0.3) is 6.08 Å². The third kappa shape index (κ3) is 6.63.